The summed E-state index contributed by atoms with van der Waals surface area (Å²) in [5.74, 6) is -0.889. The lowest BCUT2D eigenvalue weighted by Crippen LogP contribution is -2.16. The van der Waals surface area contributed by atoms with Gasteiger partial charge in [0.1, 0.15) is 11.6 Å². The van der Waals surface area contributed by atoms with Crippen LogP contribution in [0, 0.1) is 21.4 Å². The fourth-order valence-corrected chi connectivity index (χ4v) is 1.56. The van der Waals surface area contributed by atoms with Crippen LogP contribution in [0.25, 0.3) is 0 Å². The molecule has 19 heavy (non-hydrogen) atoms. The molecule has 1 unspecified atom stereocenters. The lowest BCUT2D eigenvalue weighted by atomic mass is 10.1. The number of nitro groups is 1. The molecule has 0 saturated carbocycles. The van der Waals surface area contributed by atoms with Crippen LogP contribution in [-0.2, 0) is 4.79 Å². The molecule has 100 valence electrons. The van der Waals surface area contributed by atoms with Gasteiger partial charge in [0, 0.05) is 24.2 Å². The Labute approximate surface area is 109 Å². The molecule has 1 aromatic rings. The summed E-state index contributed by atoms with van der Waals surface area (Å²) in [6, 6.07) is 5.81. The number of benzene rings is 1. The van der Waals surface area contributed by atoms with E-state index in [9.17, 15) is 14.9 Å². The zero-order valence-electron chi connectivity index (χ0n) is 10.3. The van der Waals surface area contributed by atoms with Crippen LogP contribution in [-0.4, -0.2) is 22.0 Å². The molecule has 7 nitrogen and oxygen atoms in total. The van der Waals surface area contributed by atoms with Crippen molar-refractivity contribution in [1.82, 2.24) is 0 Å². The number of anilines is 1. The quantitative estimate of drug-likeness (QED) is 0.599. The summed E-state index contributed by atoms with van der Waals surface area (Å²) < 4.78 is 0. The molecule has 0 aliphatic rings. The second kappa shape index (κ2) is 6.35. The minimum absolute atomic E-state index is 0.00580. The molecular formula is C12H13N3O4. The Kier molecular flexibility index (Phi) is 4.83. The van der Waals surface area contributed by atoms with Crippen molar-refractivity contribution in [2.75, 3.05) is 5.32 Å². The highest BCUT2D eigenvalue weighted by Crippen LogP contribution is 2.23. The predicted molar refractivity (Wildman–Crippen MR) is 67.8 cm³/mol. The summed E-state index contributed by atoms with van der Waals surface area (Å²) in [6.07, 6.45) is 0.426. The second-order valence-electron chi connectivity index (χ2n) is 4.08. The van der Waals surface area contributed by atoms with Gasteiger partial charge in [-0.2, -0.15) is 5.26 Å². The minimum atomic E-state index is -0.889. The van der Waals surface area contributed by atoms with Gasteiger partial charge in [-0.1, -0.05) is 0 Å². The van der Waals surface area contributed by atoms with Gasteiger partial charge in [0.25, 0.3) is 5.69 Å². The van der Waals surface area contributed by atoms with E-state index in [-0.39, 0.29) is 23.7 Å². The maximum Gasteiger partial charge on any atom is 0.303 e. The van der Waals surface area contributed by atoms with Crippen molar-refractivity contribution in [3.8, 4) is 6.07 Å². The van der Waals surface area contributed by atoms with Gasteiger partial charge in [0.2, 0.25) is 0 Å². The highest BCUT2D eigenvalue weighted by atomic mass is 16.6. The third kappa shape index (κ3) is 4.27. The van der Waals surface area contributed by atoms with E-state index in [4.69, 9.17) is 10.4 Å². The van der Waals surface area contributed by atoms with E-state index in [2.05, 4.69) is 5.32 Å². The average Bonchev–Trinajstić information content (AvgIpc) is 2.36. The molecule has 0 fully saturated rings. The fraction of sp³-hybridized carbons (Fsp3) is 0.333. The third-order valence-corrected chi connectivity index (χ3v) is 2.52. The van der Waals surface area contributed by atoms with E-state index < -0.39 is 10.9 Å². The number of carboxylic acids is 1. The number of rotatable bonds is 6. The van der Waals surface area contributed by atoms with Gasteiger partial charge < -0.3 is 10.4 Å². The van der Waals surface area contributed by atoms with Crippen LogP contribution in [0.3, 0.4) is 0 Å². The van der Waals surface area contributed by atoms with E-state index in [1.54, 1.807) is 19.1 Å². The molecule has 0 heterocycles. The van der Waals surface area contributed by atoms with Crippen molar-refractivity contribution in [1.29, 1.82) is 5.26 Å². The van der Waals surface area contributed by atoms with E-state index in [0.717, 1.165) is 0 Å². The number of carboxylic acid groups (broad SMARTS) is 1. The lowest BCUT2D eigenvalue weighted by Gasteiger charge is -2.14. The van der Waals surface area contributed by atoms with Crippen LogP contribution < -0.4 is 5.32 Å². The van der Waals surface area contributed by atoms with E-state index >= 15 is 0 Å². The molecule has 0 radical (unpaired) electrons. The normalized spacial score (nSPS) is 11.4. The molecule has 0 aromatic heterocycles. The molecule has 0 aliphatic carbocycles. The first-order valence-corrected chi connectivity index (χ1v) is 5.61. The summed E-state index contributed by atoms with van der Waals surface area (Å²) in [5.41, 5.74) is 0.218. The van der Waals surface area contributed by atoms with Gasteiger partial charge in [-0.3, -0.25) is 14.9 Å². The third-order valence-electron chi connectivity index (χ3n) is 2.52. The summed E-state index contributed by atoms with van der Waals surface area (Å²) in [5, 5.41) is 31.1. The first-order chi connectivity index (χ1) is 8.93. The zero-order chi connectivity index (χ0) is 14.4. The minimum Gasteiger partial charge on any atom is -0.481 e. The number of carbonyl (C=O) groups is 1. The van der Waals surface area contributed by atoms with Crippen LogP contribution in [0.1, 0.15) is 25.3 Å². The topological polar surface area (TPSA) is 116 Å². The molecule has 0 amide bonds. The maximum absolute atomic E-state index is 10.8. The number of nitriles is 1. The van der Waals surface area contributed by atoms with Crippen LogP contribution in [0.5, 0.6) is 0 Å². The molecule has 0 saturated heterocycles. The number of hydrogen-bond donors (Lipinski definition) is 2. The zero-order valence-corrected chi connectivity index (χ0v) is 10.3. The Hall–Kier alpha value is -2.62. The van der Waals surface area contributed by atoms with Crippen molar-refractivity contribution in [2.45, 2.75) is 25.8 Å². The van der Waals surface area contributed by atoms with Gasteiger partial charge in [-0.15, -0.1) is 0 Å². The van der Waals surface area contributed by atoms with Crippen molar-refractivity contribution in [2.24, 2.45) is 0 Å². The largest absolute Gasteiger partial charge is 0.481 e. The van der Waals surface area contributed by atoms with Crippen LogP contribution in [0.4, 0.5) is 11.4 Å². The molecule has 0 aliphatic heterocycles. The van der Waals surface area contributed by atoms with E-state index in [1.807, 2.05) is 0 Å². The van der Waals surface area contributed by atoms with Gasteiger partial charge in [-0.25, -0.2) is 0 Å². The van der Waals surface area contributed by atoms with Gasteiger partial charge in [0.05, 0.1) is 4.92 Å². The summed E-state index contributed by atoms with van der Waals surface area (Å²) in [4.78, 5) is 20.6. The van der Waals surface area contributed by atoms with Gasteiger partial charge >= 0.3 is 5.97 Å². The number of aliphatic carboxylic acids is 1. The number of nitrogens with zero attached hydrogens (tertiary/aromatic N) is 2. The Morgan fingerprint density at radius 3 is 2.84 bits per heavy atom. The Morgan fingerprint density at radius 2 is 2.32 bits per heavy atom. The highest BCUT2D eigenvalue weighted by Gasteiger charge is 2.15. The molecule has 0 spiro atoms. The summed E-state index contributed by atoms with van der Waals surface area (Å²) in [7, 11) is 0. The highest BCUT2D eigenvalue weighted by molar-refractivity contribution is 5.66. The SMILES string of the molecule is CC(CCC(=O)O)Nc1ccc(C#N)c([N+](=O)[O-])c1. The first-order valence-electron chi connectivity index (χ1n) is 5.61. The monoisotopic (exact) mass is 263 g/mol. The molecule has 7 heteroatoms. The number of hydrogen-bond acceptors (Lipinski definition) is 5. The van der Waals surface area contributed by atoms with Crippen LogP contribution in [0.15, 0.2) is 18.2 Å². The average molecular weight is 263 g/mol. The maximum atomic E-state index is 10.8. The van der Waals surface area contributed by atoms with Gasteiger partial charge in [0.15, 0.2) is 0 Å². The smallest absolute Gasteiger partial charge is 0.303 e. The Bertz CT molecular complexity index is 536. The standard InChI is InChI=1S/C12H13N3O4/c1-8(2-5-12(16)17)14-10-4-3-9(7-13)11(6-10)15(18)19/h3-4,6,8,14H,2,5H2,1H3,(H,16,17). The van der Waals surface area contributed by atoms with Crippen molar-refractivity contribution in [3.63, 3.8) is 0 Å². The molecule has 1 atom stereocenters. The predicted octanol–water partition coefficient (Wildman–Crippen LogP) is 2.13. The van der Waals surface area contributed by atoms with Gasteiger partial charge in [-0.05, 0) is 25.5 Å². The van der Waals surface area contributed by atoms with Crippen LogP contribution >= 0.6 is 0 Å². The van der Waals surface area contributed by atoms with Crippen molar-refractivity contribution in [3.05, 3.63) is 33.9 Å². The molecule has 0 bridgehead atoms. The lowest BCUT2D eigenvalue weighted by molar-refractivity contribution is -0.385. The van der Waals surface area contributed by atoms with Crippen molar-refractivity contribution < 1.29 is 14.8 Å². The van der Waals surface area contributed by atoms with E-state index in [0.29, 0.717) is 12.1 Å². The second-order valence-corrected chi connectivity index (χ2v) is 4.08. The molecule has 1 aromatic carbocycles. The fourth-order valence-electron chi connectivity index (χ4n) is 1.56. The van der Waals surface area contributed by atoms with Crippen LogP contribution in [0.2, 0.25) is 0 Å². The first kappa shape index (κ1) is 14.4. The number of nitro benzene ring substituents is 1. The molecular weight excluding hydrogens is 250 g/mol. The molecule has 2 N–H and O–H groups in total. The van der Waals surface area contributed by atoms with E-state index in [1.165, 1.54) is 12.1 Å². The molecule has 1 rings (SSSR count). The Balaban J connectivity index is 2.80. The Morgan fingerprint density at radius 1 is 1.63 bits per heavy atom. The summed E-state index contributed by atoms with van der Waals surface area (Å²) >= 11 is 0. The number of nitrogens with one attached hydrogen (secondary N) is 1. The summed E-state index contributed by atoms with van der Waals surface area (Å²) in [6.45, 7) is 1.78. The van der Waals surface area contributed by atoms with Crippen molar-refractivity contribution >= 4 is 17.3 Å².